The smallest absolute Gasteiger partial charge is 0.323 e. The molecule has 0 aliphatic carbocycles. The van der Waals surface area contributed by atoms with Gasteiger partial charge in [-0.2, -0.15) is 0 Å². The number of hydrogen-bond donors (Lipinski definition) is 2. The Labute approximate surface area is 54.2 Å². The topological polar surface area (TPSA) is 57.5 Å². The van der Waals surface area contributed by atoms with Crippen molar-refractivity contribution in [2.24, 2.45) is 0 Å². The first-order valence-electron chi connectivity index (χ1n) is 2.34. The number of rotatable bonds is 1. The molecule has 0 aromatic rings. The van der Waals surface area contributed by atoms with Crippen LogP contribution in [0.2, 0.25) is 0 Å². The summed E-state index contributed by atoms with van der Waals surface area (Å²) in [6.45, 7) is 2.65. The highest BCUT2D eigenvalue weighted by molar-refractivity contribution is 7.53. The van der Waals surface area contributed by atoms with Crippen LogP contribution in [0.25, 0.3) is 0 Å². The van der Waals surface area contributed by atoms with Crippen LogP contribution >= 0.6 is 7.60 Å². The summed E-state index contributed by atoms with van der Waals surface area (Å²) in [5.74, 6) is 2.02. The zero-order chi connectivity index (χ0) is 7.71. The van der Waals surface area contributed by atoms with Gasteiger partial charge >= 0.3 is 7.60 Å². The van der Waals surface area contributed by atoms with Gasteiger partial charge in [-0.3, -0.25) is 4.57 Å². The van der Waals surface area contributed by atoms with E-state index in [9.17, 15) is 4.57 Å². The van der Waals surface area contributed by atoms with Crippen LogP contribution in [0.3, 0.4) is 0 Å². The lowest BCUT2D eigenvalue weighted by Crippen LogP contribution is -2.16. The molecule has 0 heterocycles. The molecule has 0 saturated heterocycles. The molecule has 4 heteroatoms. The minimum Gasteiger partial charge on any atom is -0.323 e. The molecule has 52 valence electrons. The predicted octanol–water partition coefficient (Wildman–Crippen LogP) is 0.576. The first-order chi connectivity index (χ1) is 3.81. The second-order valence-electron chi connectivity index (χ2n) is 2.25. The van der Waals surface area contributed by atoms with E-state index in [4.69, 9.17) is 16.2 Å². The van der Waals surface area contributed by atoms with Crippen molar-refractivity contribution in [2.45, 2.75) is 19.0 Å². The third-order valence-corrected chi connectivity index (χ3v) is 2.67. The minimum absolute atomic E-state index is 1.33. The monoisotopic (exact) mass is 148 g/mol. The lowest BCUT2D eigenvalue weighted by atomic mass is 10.2. The third kappa shape index (κ3) is 1.83. The third-order valence-electron chi connectivity index (χ3n) is 1.08. The summed E-state index contributed by atoms with van der Waals surface area (Å²) in [5.41, 5.74) is 0. The Morgan fingerprint density at radius 2 is 1.89 bits per heavy atom. The fraction of sp³-hybridized carbons (Fsp3) is 0.600. The van der Waals surface area contributed by atoms with Crippen LogP contribution in [0.15, 0.2) is 0 Å². The van der Waals surface area contributed by atoms with Crippen molar-refractivity contribution in [3.63, 3.8) is 0 Å². The molecule has 9 heavy (non-hydrogen) atoms. The first kappa shape index (κ1) is 8.71. The zero-order valence-corrected chi connectivity index (χ0v) is 6.22. The van der Waals surface area contributed by atoms with Crippen molar-refractivity contribution in [1.29, 1.82) is 0 Å². The van der Waals surface area contributed by atoms with Crippen molar-refractivity contribution in [3.05, 3.63) is 0 Å². The van der Waals surface area contributed by atoms with Crippen LogP contribution in [0.4, 0.5) is 0 Å². The van der Waals surface area contributed by atoms with Crippen LogP contribution in [0, 0.1) is 12.3 Å². The van der Waals surface area contributed by atoms with E-state index in [0.717, 1.165) is 0 Å². The second-order valence-corrected chi connectivity index (χ2v) is 4.45. The van der Waals surface area contributed by atoms with Gasteiger partial charge in [-0.25, -0.2) is 0 Å². The molecular formula is C5H9O3P. The van der Waals surface area contributed by atoms with Gasteiger partial charge in [0.1, 0.15) is 5.16 Å². The maximum atomic E-state index is 10.4. The van der Waals surface area contributed by atoms with Gasteiger partial charge < -0.3 is 9.79 Å². The first-order valence-corrected chi connectivity index (χ1v) is 3.96. The van der Waals surface area contributed by atoms with Crippen LogP contribution in [0.5, 0.6) is 0 Å². The summed E-state index contributed by atoms with van der Waals surface area (Å²) in [5, 5.41) is -1.33. The second kappa shape index (κ2) is 2.15. The number of terminal acetylenes is 1. The summed E-state index contributed by atoms with van der Waals surface area (Å²) < 4.78 is 10.4. The average Bonchev–Trinajstić information content (AvgIpc) is 1.64. The molecule has 0 radical (unpaired) electrons. The largest absolute Gasteiger partial charge is 0.342 e. The quantitative estimate of drug-likeness (QED) is 0.422. The van der Waals surface area contributed by atoms with Crippen LogP contribution in [0.1, 0.15) is 13.8 Å². The van der Waals surface area contributed by atoms with E-state index in [1.54, 1.807) is 0 Å². The lowest BCUT2D eigenvalue weighted by molar-refractivity contribution is 0.352. The van der Waals surface area contributed by atoms with E-state index in [-0.39, 0.29) is 0 Å². The maximum Gasteiger partial charge on any atom is 0.342 e. The van der Waals surface area contributed by atoms with E-state index in [0.29, 0.717) is 0 Å². The lowest BCUT2D eigenvalue weighted by Gasteiger charge is -2.17. The SMILES string of the molecule is C#CC(C)(C)P(=O)(O)O. The minimum atomic E-state index is -4.10. The Morgan fingerprint density at radius 3 is 1.89 bits per heavy atom. The van der Waals surface area contributed by atoms with Crippen molar-refractivity contribution >= 4 is 7.60 Å². The Hall–Kier alpha value is -0.290. The van der Waals surface area contributed by atoms with Gasteiger partial charge in [0, 0.05) is 0 Å². The van der Waals surface area contributed by atoms with Gasteiger partial charge in [0.15, 0.2) is 0 Å². The average molecular weight is 148 g/mol. The molecule has 2 N–H and O–H groups in total. The fourth-order valence-electron chi connectivity index (χ4n) is 0.0841. The van der Waals surface area contributed by atoms with E-state index < -0.39 is 12.8 Å². The van der Waals surface area contributed by atoms with Gasteiger partial charge in [-0.15, -0.1) is 6.42 Å². The molecule has 0 fully saturated rings. The van der Waals surface area contributed by atoms with Gasteiger partial charge in [0.2, 0.25) is 0 Å². The molecule has 3 nitrogen and oxygen atoms in total. The summed E-state index contributed by atoms with van der Waals surface area (Å²) in [6, 6.07) is 0. The molecule has 0 unspecified atom stereocenters. The van der Waals surface area contributed by atoms with Gasteiger partial charge in [0.05, 0.1) is 0 Å². The Balaban J connectivity index is 4.61. The van der Waals surface area contributed by atoms with Crippen molar-refractivity contribution in [3.8, 4) is 12.3 Å². The van der Waals surface area contributed by atoms with Gasteiger partial charge in [-0.05, 0) is 13.8 Å². The van der Waals surface area contributed by atoms with E-state index >= 15 is 0 Å². The molecule has 0 aliphatic rings. The van der Waals surface area contributed by atoms with E-state index in [1.807, 2.05) is 5.92 Å². The summed E-state index contributed by atoms with van der Waals surface area (Å²) in [6.07, 6.45) is 4.85. The normalized spacial score (nSPS) is 12.8. The van der Waals surface area contributed by atoms with E-state index in [1.165, 1.54) is 13.8 Å². The molecule has 0 atom stereocenters. The van der Waals surface area contributed by atoms with Gasteiger partial charge in [-0.1, -0.05) is 5.92 Å². The van der Waals surface area contributed by atoms with Crippen LogP contribution in [-0.4, -0.2) is 14.9 Å². The number of hydrogen-bond acceptors (Lipinski definition) is 1. The summed E-state index contributed by atoms with van der Waals surface area (Å²) in [7, 11) is -4.10. The Morgan fingerprint density at radius 1 is 1.56 bits per heavy atom. The highest BCUT2D eigenvalue weighted by Crippen LogP contribution is 2.49. The Kier molecular flexibility index (Phi) is 2.08. The molecule has 0 spiro atoms. The molecule has 0 aliphatic heterocycles. The highest BCUT2D eigenvalue weighted by atomic mass is 31.2. The maximum absolute atomic E-state index is 10.4. The summed E-state index contributed by atoms with van der Waals surface area (Å²) >= 11 is 0. The molecule has 0 rings (SSSR count). The molecule has 0 aromatic carbocycles. The predicted molar refractivity (Wildman–Crippen MR) is 35.0 cm³/mol. The molecule has 0 amide bonds. The highest BCUT2D eigenvalue weighted by Gasteiger charge is 2.35. The molecule has 0 aromatic heterocycles. The Bertz CT molecular complexity index is 183. The zero-order valence-electron chi connectivity index (χ0n) is 5.33. The van der Waals surface area contributed by atoms with Crippen molar-refractivity contribution in [2.75, 3.05) is 0 Å². The van der Waals surface area contributed by atoms with E-state index in [2.05, 4.69) is 0 Å². The van der Waals surface area contributed by atoms with Crippen molar-refractivity contribution < 1.29 is 14.4 Å². The molecular weight excluding hydrogens is 139 g/mol. The van der Waals surface area contributed by atoms with Crippen LogP contribution in [-0.2, 0) is 4.57 Å². The molecule has 0 bridgehead atoms. The van der Waals surface area contributed by atoms with Gasteiger partial charge in [0.25, 0.3) is 0 Å². The standard InChI is InChI=1S/C5H9O3P/c1-4-5(2,3)9(6,7)8/h1H,2-3H3,(H2,6,7,8). The molecule has 0 saturated carbocycles. The summed E-state index contributed by atoms with van der Waals surface area (Å²) in [4.78, 5) is 17.0. The van der Waals surface area contributed by atoms with Crippen LogP contribution < -0.4 is 0 Å². The fourth-order valence-corrected chi connectivity index (χ4v) is 0.252. The van der Waals surface area contributed by atoms with Crippen molar-refractivity contribution in [1.82, 2.24) is 0 Å².